The van der Waals surface area contributed by atoms with Gasteiger partial charge in [-0.15, -0.1) is 0 Å². The molecule has 0 aliphatic carbocycles. The third kappa shape index (κ3) is 5.09. The van der Waals surface area contributed by atoms with Crippen molar-refractivity contribution in [3.8, 4) is 5.75 Å². The van der Waals surface area contributed by atoms with Gasteiger partial charge < -0.3 is 15.4 Å². The predicted molar refractivity (Wildman–Crippen MR) is 77.6 cm³/mol. The quantitative estimate of drug-likeness (QED) is 0.756. The Morgan fingerprint density at radius 2 is 2.21 bits per heavy atom. The van der Waals surface area contributed by atoms with Gasteiger partial charge in [0, 0.05) is 13.6 Å². The van der Waals surface area contributed by atoms with Gasteiger partial charge >= 0.3 is 0 Å². The Bertz CT molecular complexity index is 424. The van der Waals surface area contributed by atoms with Gasteiger partial charge in [-0.2, -0.15) is 0 Å². The topological polar surface area (TPSA) is 50.4 Å². The van der Waals surface area contributed by atoms with E-state index < -0.39 is 6.10 Å². The molecule has 19 heavy (non-hydrogen) atoms. The molecule has 0 spiro atoms. The molecule has 0 aliphatic rings. The number of carbonyl (C=O) groups is 1. The standard InChI is InChI=1S/C14H21ClN2O2/c1-4-7-17-9-11-5-6-13(12(15)8-11)19-10(2)14(18)16-3/h5-6,8,10,17H,4,7,9H2,1-3H3,(H,16,18). The van der Waals surface area contributed by atoms with E-state index >= 15 is 0 Å². The van der Waals surface area contributed by atoms with Gasteiger partial charge in [0.25, 0.3) is 5.91 Å². The number of rotatable bonds is 7. The average Bonchev–Trinajstić information content (AvgIpc) is 2.41. The Kier molecular flexibility index (Phi) is 6.67. The first kappa shape index (κ1) is 15.8. The summed E-state index contributed by atoms with van der Waals surface area (Å²) in [5.74, 6) is 0.349. The lowest BCUT2D eigenvalue weighted by atomic mass is 10.2. The number of likely N-dealkylation sites (N-methyl/N-ethyl adjacent to an activating group) is 1. The number of hydrogen-bond acceptors (Lipinski definition) is 3. The minimum atomic E-state index is -0.563. The van der Waals surface area contributed by atoms with Gasteiger partial charge in [-0.25, -0.2) is 0 Å². The molecule has 0 aromatic heterocycles. The number of halogens is 1. The smallest absolute Gasteiger partial charge is 0.260 e. The summed E-state index contributed by atoms with van der Waals surface area (Å²) in [5, 5.41) is 6.36. The van der Waals surface area contributed by atoms with Crippen LogP contribution in [0.3, 0.4) is 0 Å². The first-order valence-corrected chi connectivity index (χ1v) is 6.83. The largest absolute Gasteiger partial charge is 0.479 e. The number of benzene rings is 1. The van der Waals surface area contributed by atoms with E-state index in [1.54, 1.807) is 20.0 Å². The molecule has 0 radical (unpaired) electrons. The second-order valence-corrected chi connectivity index (χ2v) is 4.72. The highest BCUT2D eigenvalue weighted by atomic mass is 35.5. The number of hydrogen-bond donors (Lipinski definition) is 2. The molecule has 1 rings (SSSR count). The lowest BCUT2D eigenvalue weighted by Crippen LogP contribution is -2.33. The fraction of sp³-hybridized carbons (Fsp3) is 0.500. The zero-order valence-electron chi connectivity index (χ0n) is 11.6. The minimum Gasteiger partial charge on any atom is -0.479 e. The highest BCUT2D eigenvalue weighted by molar-refractivity contribution is 6.32. The molecular formula is C14H21ClN2O2. The Morgan fingerprint density at radius 1 is 1.47 bits per heavy atom. The van der Waals surface area contributed by atoms with Crippen molar-refractivity contribution in [2.75, 3.05) is 13.6 Å². The van der Waals surface area contributed by atoms with Crippen molar-refractivity contribution in [2.24, 2.45) is 0 Å². The molecule has 1 atom stereocenters. The molecule has 1 aromatic carbocycles. The van der Waals surface area contributed by atoms with Gasteiger partial charge in [0.1, 0.15) is 5.75 Å². The summed E-state index contributed by atoms with van der Waals surface area (Å²) in [7, 11) is 1.58. The summed E-state index contributed by atoms with van der Waals surface area (Å²) in [6.07, 6.45) is 0.532. The van der Waals surface area contributed by atoms with Crippen molar-refractivity contribution < 1.29 is 9.53 Å². The molecule has 0 fully saturated rings. The Hall–Kier alpha value is -1.26. The van der Waals surface area contributed by atoms with E-state index in [1.807, 2.05) is 12.1 Å². The summed E-state index contributed by atoms with van der Waals surface area (Å²) in [6.45, 7) is 5.56. The number of amides is 1. The van der Waals surface area contributed by atoms with Crippen LogP contribution in [0.4, 0.5) is 0 Å². The van der Waals surface area contributed by atoms with E-state index in [9.17, 15) is 4.79 Å². The molecule has 5 heteroatoms. The van der Waals surface area contributed by atoms with Gasteiger partial charge in [-0.3, -0.25) is 4.79 Å². The van der Waals surface area contributed by atoms with Crippen LogP contribution in [0, 0.1) is 0 Å². The van der Waals surface area contributed by atoms with Crippen molar-refractivity contribution in [1.82, 2.24) is 10.6 Å². The Labute approximate surface area is 119 Å². The van der Waals surface area contributed by atoms with Gasteiger partial charge in [0.2, 0.25) is 0 Å². The summed E-state index contributed by atoms with van der Waals surface area (Å²) < 4.78 is 5.51. The maximum atomic E-state index is 11.4. The van der Waals surface area contributed by atoms with Crippen LogP contribution < -0.4 is 15.4 Å². The highest BCUT2D eigenvalue weighted by Crippen LogP contribution is 2.26. The molecule has 0 aliphatic heterocycles. The third-order valence-corrected chi connectivity index (χ3v) is 2.97. The van der Waals surface area contributed by atoms with Crippen LogP contribution >= 0.6 is 11.6 Å². The van der Waals surface area contributed by atoms with E-state index in [0.29, 0.717) is 10.8 Å². The molecule has 1 unspecified atom stereocenters. The second kappa shape index (κ2) is 8.02. The monoisotopic (exact) mass is 284 g/mol. The first-order chi connectivity index (χ1) is 9.08. The first-order valence-electron chi connectivity index (χ1n) is 6.45. The van der Waals surface area contributed by atoms with Gasteiger partial charge in [0.15, 0.2) is 6.10 Å². The van der Waals surface area contributed by atoms with Crippen LogP contribution in [0.5, 0.6) is 5.75 Å². The van der Waals surface area contributed by atoms with E-state index in [4.69, 9.17) is 16.3 Å². The summed E-state index contributed by atoms with van der Waals surface area (Å²) in [6, 6.07) is 5.60. The zero-order chi connectivity index (χ0) is 14.3. The van der Waals surface area contributed by atoms with Crippen LogP contribution in [0.15, 0.2) is 18.2 Å². The number of carbonyl (C=O) groups excluding carboxylic acids is 1. The van der Waals surface area contributed by atoms with Crippen molar-refractivity contribution in [3.05, 3.63) is 28.8 Å². The van der Waals surface area contributed by atoms with E-state index in [-0.39, 0.29) is 5.91 Å². The van der Waals surface area contributed by atoms with E-state index in [1.165, 1.54) is 0 Å². The van der Waals surface area contributed by atoms with Crippen LogP contribution in [0.25, 0.3) is 0 Å². The molecule has 1 aromatic rings. The molecule has 4 nitrogen and oxygen atoms in total. The summed E-state index contributed by atoms with van der Waals surface area (Å²) in [5.41, 5.74) is 1.10. The van der Waals surface area contributed by atoms with Crippen LogP contribution in [-0.2, 0) is 11.3 Å². The van der Waals surface area contributed by atoms with Crippen molar-refractivity contribution >= 4 is 17.5 Å². The summed E-state index contributed by atoms with van der Waals surface area (Å²) in [4.78, 5) is 11.4. The van der Waals surface area contributed by atoms with E-state index in [2.05, 4.69) is 17.6 Å². The third-order valence-electron chi connectivity index (χ3n) is 2.67. The fourth-order valence-corrected chi connectivity index (χ4v) is 1.85. The van der Waals surface area contributed by atoms with Crippen LogP contribution in [0.1, 0.15) is 25.8 Å². The molecular weight excluding hydrogens is 264 g/mol. The van der Waals surface area contributed by atoms with E-state index in [0.717, 1.165) is 25.1 Å². The molecule has 1 amide bonds. The minimum absolute atomic E-state index is 0.176. The predicted octanol–water partition coefficient (Wildman–Crippen LogP) is 2.35. The Balaban J connectivity index is 2.64. The molecule has 0 heterocycles. The lowest BCUT2D eigenvalue weighted by Gasteiger charge is -2.15. The maximum absolute atomic E-state index is 11.4. The molecule has 106 valence electrons. The molecule has 0 saturated carbocycles. The summed E-state index contributed by atoms with van der Waals surface area (Å²) >= 11 is 6.15. The molecule has 0 bridgehead atoms. The molecule has 0 saturated heterocycles. The van der Waals surface area contributed by atoms with Crippen molar-refractivity contribution in [1.29, 1.82) is 0 Å². The normalized spacial score (nSPS) is 12.0. The van der Waals surface area contributed by atoms with Crippen LogP contribution in [-0.4, -0.2) is 25.6 Å². The lowest BCUT2D eigenvalue weighted by molar-refractivity contribution is -0.126. The second-order valence-electron chi connectivity index (χ2n) is 4.32. The number of ether oxygens (including phenoxy) is 1. The van der Waals surface area contributed by atoms with Gasteiger partial charge in [0.05, 0.1) is 5.02 Å². The zero-order valence-corrected chi connectivity index (χ0v) is 12.4. The fourth-order valence-electron chi connectivity index (χ4n) is 1.61. The van der Waals surface area contributed by atoms with Gasteiger partial charge in [-0.1, -0.05) is 24.6 Å². The SMILES string of the molecule is CCCNCc1ccc(OC(C)C(=O)NC)c(Cl)c1. The molecule has 2 N–H and O–H groups in total. The average molecular weight is 285 g/mol. The highest BCUT2D eigenvalue weighted by Gasteiger charge is 2.14. The Morgan fingerprint density at radius 3 is 2.79 bits per heavy atom. The number of nitrogens with one attached hydrogen (secondary N) is 2. The van der Waals surface area contributed by atoms with Crippen LogP contribution in [0.2, 0.25) is 5.02 Å². The maximum Gasteiger partial charge on any atom is 0.260 e. The van der Waals surface area contributed by atoms with Crippen molar-refractivity contribution in [3.63, 3.8) is 0 Å². The van der Waals surface area contributed by atoms with Gasteiger partial charge in [-0.05, 0) is 37.6 Å². The van der Waals surface area contributed by atoms with Crippen molar-refractivity contribution in [2.45, 2.75) is 32.9 Å².